The fraction of sp³-hybridized carbons (Fsp3) is 0.579. The van der Waals surface area contributed by atoms with Gasteiger partial charge in [0, 0.05) is 0 Å². The van der Waals surface area contributed by atoms with Crippen LogP contribution in [0.25, 0.3) is 11.0 Å². The van der Waals surface area contributed by atoms with Gasteiger partial charge in [-0.25, -0.2) is 9.78 Å². The van der Waals surface area contributed by atoms with E-state index in [2.05, 4.69) is 29.1 Å². The number of fused-ring (bicyclic) bond motifs is 1. The summed E-state index contributed by atoms with van der Waals surface area (Å²) in [4.78, 5) is 19.6. The number of aromatic amines is 1. The van der Waals surface area contributed by atoms with Crippen molar-refractivity contribution in [2.75, 3.05) is 0 Å². The molecule has 0 fully saturated rings. The third-order valence-corrected chi connectivity index (χ3v) is 3.83. The molecule has 1 atom stereocenters. The van der Waals surface area contributed by atoms with Gasteiger partial charge in [0.1, 0.15) is 18.0 Å². The van der Waals surface area contributed by atoms with Crippen LogP contribution in [0.1, 0.15) is 64.9 Å². The van der Waals surface area contributed by atoms with Crippen molar-refractivity contribution in [2.24, 2.45) is 5.92 Å². The molecule has 1 unspecified atom stereocenters. The summed E-state index contributed by atoms with van der Waals surface area (Å²) >= 11 is 0. The molecule has 0 aliphatic heterocycles. The lowest BCUT2D eigenvalue weighted by molar-refractivity contribution is 0.0499. The van der Waals surface area contributed by atoms with E-state index in [9.17, 15) is 9.90 Å². The first-order valence-corrected chi connectivity index (χ1v) is 8.77. The van der Waals surface area contributed by atoms with E-state index in [-0.39, 0.29) is 12.6 Å². The number of carbonyl (C=O) groups excluding carboxylic acids is 1. The van der Waals surface area contributed by atoms with E-state index in [0.29, 0.717) is 11.7 Å². The molecule has 0 aliphatic rings. The third kappa shape index (κ3) is 5.74. The van der Waals surface area contributed by atoms with Gasteiger partial charge < -0.3 is 20.1 Å². The van der Waals surface area contributed by atoms with Gasteiger partial charge in [-0.05, 0) is 57.2 Å². The van der Waals surface area contributed by atoms with Gasteiger partial charge in [-0.2, -0.15) is 0 Å². The fourth-order valence-corrected chi connectivity index (χ4v) is 2.64. The summed E-state index contributed by atoms with van der Waals surface area (Å²) in [6.07, 6.45) is 1.40. The first kappa shape index (κ1) is 19.2. The van der Waals surface area contributed by atoms with Gasteiger partial charge >= 0.3 is 6.09 Å². The number of rotatable bonds is 6. The largest absolute Gasteiger partial charge is 0.444 e. The number of imidazole rings is 1. The van der Waals surface area contributed by atoms with E-state index in [1.54, 1.807) is 0 Å². The minimum absolute atomic E-state index is 0.128. The van der Waals surface area contributed by atoms with Gasteiger partial charge in [0.2, 0.25) is 0 Å². The molecule has 0 spiro atoms. The molecular weight excluding hydrogens is 318 g/mol. The van der Waals surface area contributed by atoms with E-state index < -0.39 is 11.7 Å². The zero-order chi connectivity index (χ0) is 18.6. The Morgan fingerprint density at radius 1 is 1.32 bits per heavy atom. The average molecular weight is 347 g/mol. The second kappa shape index (κ2) is 7.87. The Morgan fingerprint density at radius 3 is 2.64 bits per heavy atom. The van der Waals surface area contributed by atoms with Crippen LogP contribution in [0.4, 0.5) is 4.79 Å². The minimum atomic E-state index is -0.532. The third-order valence-electron chi connectivity index (χ3n) is 3.83. The number of aliphatic hydroxyl groups excluding tert-OH is 1. The average Bonchev–Trinajstić information content (AvgIpc) is 2.91. The van der Waals surface area contributed by atoms with Crippen LogP contribution in [0.15, 0.2) is 18.2 Å². The molecule has 0 saturated heterocycles. The molecule has 1 aromatic heterocycles. The first-order chi connectivity index (χ1) is 11.7. The number of nitrogens with one attached hydrogen (secondary N) is 2. The zero-order valence-electron chi connectivity index (χ0n) is 15.7. The summed E-state index contributed by atoms with van der Waals surface area (Å²) in [6, 6.07) is 5.71. The highest BCUT2D eigenvalue weighted by atomic mass is 16.6. The minimum Gasteiger partial charge on any atom is -0.444 e. The summed E-state index contributed by atoms with van der Waals surface area (Å²) in [5, 5.41) is 12.2. The highest BCUT2D eigenvalue weighted by Crippen LogP contribution is 2.25. The number of nitrogens with zero attached hydrogens (tertiary/aromatic N) is 1. The Morgan fingerprint density at radius 2 is 2.04 bits per heavy atom. The van der Waals surface area contributed by atoms with Crippen LogP contribution in [-0.4, -0.2) is 26.8 Å². The highest BCUT2D eigenvalue weighted by molar-refractivity contribution is 5.76. The van der Waals surface area contributed by atoms with Crippen molar-refractivity contribution < 1.29 is 14.6 Å². The Bertz CT molecular complexity index is 716. The summed E-state index contributed by atoms with van der Waals surface area (Å²) in [6.45, 7) is 9.75. The van der Waals surface area contributed by atoms with E-state index in [0.717, 1.165) is 29.4 Å². The number of H-pyrrole nitrogens is 1. The topological polar surface area (TPSA) is 87.2 Å². The van der Waals surface area contributed by atoms with Gasteiger partial charge in [0.25, 0.3) is 0 Å². The van der Waals surface area contributed by atoms with Crippen molar-refractivity contribution in [1.82, 2.24) is 15.3 Å². The summed E-state index contributed by atoms with van der Waals surface area (Å²) in [5.74, 6) is 1.07. The SMILES string of the molecule is CC(C)CCC(NC(=O)OC(C)(C)C)c1ccc2nc(CO)[nH]c2c1. The van der Waals surface area contributed by atoms with Crippen LogP contribution >= 0.6 is 0 Å². The van der Waals surface area contributed by atoms with Crippen LogP contribution in [0, 0.1) is 5.92 Å². The van der Waals surface area contributed by atoms with Crippen molar-refractivity contribution in [3.63, 3.8) is 0 Å². The van der Waals surface area contributed by atoms with Crippen LogP contribution < -0.4 is 5.32 Å². The molecule has 0 bridgehead atoms. The van der Waals surface area contributed by atoms with Crippen LogP contribution in [-0.2, 0) is 11.3 Å². The number of ether oxygens (including phenoxy) is 1. The summed E-state index contributed by atoms with van der Waals surface area (Å²) < 4.78 is 5.40. The Hall–Kier alpha value is -2.08. The van der Waals surface area contributed by atoms with Gasteiger partial charge in [-0.15, -0.1) is 0 Å². The number of benzene rings is 1. The number of aliphatic hydroxyl groups is 1. The maximum atomic E-state index is 12.2. The molecule has 1 aromatic carbocycles. The van der Waals surface area contributed by atoms with Gasteiger partial charge in [0.15, 0.2) is 0 Å². The summed E-state index contributed by atoms with van der Waals surface area (Å²) in [7, 11) is 0. The van der Waals surface area contributed by atoms with E-state index >= 15 is 0 Å². The lowest BCUT2D eigenvalue weighted by Crippen LogP contribution is -2.35. The van der Waals surface area contributed by atoms with Crippen LogP contribution in [0.5, 0.6) is 0 Å². The fourth-order valence-electron chi connectivity index (χ4n) is 2.64. The van der Waals surface area contributed by atoms with Crippen molar-refractivity contribution in [2.45, 2.75) is 65.7 Å². The molecule has 6 nitrogen and oxygen atoms in total. The second-order valence-electron chi connectivity index (χ2n) is 7.79. The van der Waals surface area contributed by atoms with Gasteiger partial charge in [-0.1, -0.05) is 19.9 Å². The Kier molecular flexibility index (Phi) is 6.06. The van der Waals surface area contributed by atoms with Gasteiger partial charge in [0.05, 0.1) is 17.1 Å². The molecule has 2 rings (SSSR count). The van der Waals surface area contributed by atoms with E-state index in [1.807, 2.05) is 39.0 Å². The van der Waals surface area contributed by atoms with E-state index in [1.165, 1.54) is 0 Å². The van der Waals surface area contributed by atoms with Crippen molar-refractivity contribution in [3.05, 3.63) is 29.6 Å². The predicted octanol–water partition coefficient (Wildman–Crippen LogP) is 4.06. The zero-order valence-corrected chi connectivity index (χ0v) is 15.7. The highest BCUT2D eigenvalue weighted by Gasteiger charge is 2.21. The van der Waals surface area contributed by atoms with E-state index in [4.69, 9.17) is 4.74 Å². The smallest absolute Gasteiger partial charge is 0.408 e. The molecule has 0 aliphatic carbocycles. The Balaban J connectivity index is 2.22. The molecule has 25 heavy (non-hydrogen) atoms. The second-order valence-corrected chi connectivity index (χ2v) is 7.79. The molecule has 2 aromatic rings. The van der Waals surface area contributed by atoms with Crippen LogP contribution in [0.2, 0.25) is 0 Å². The molecule has 0 radical (unpaired) electrons. The summed E-state index contributed by atoms with van der Waals surface area (Å²) in [5.41, 5.74) is 2.11. The number of hydrogen-bond acceptors (Lipinski definition) is 4. The molecule has 3 N–H and O–H groups in total. The molecule has 6 heteroatoms. The maximum absolute atomic E-state index is 12.2. The Labute approximate surface area is 149 Å². The molecule has 1 amide bonds. The standard InChI is InChI=1S/C19H29N3O3/c1-12(2)6-8-14(22-18(24)25-19(3,4)5)13-7-9-15-16(10-13)21-17(11-23)20-15/h7,9-10,12,14,23H,6,8,11H2,1-5H3,(H,20,21)(H,22,24). The molecule has 138 valence electrons. The number of hydrogen-bond donors (Lipinski definition) is 3. The number of aromatic nitrogens is 2. The lowest BCUT2D eigenvalue weighted by Gasteiger charge is -2.24. The number of alkyl carbamates (subject to hydrolysis) is 1. The first-order valence-electron chi connectivity index (χ1n) is 8.77. The van der Waals surface area contributed by atoms with Crippen molar-refractivity contribution >= 4 is 17.1 Å². The van der Waals surface area contributed by atoms with Gasteiger partial charge in [-0.3, -0.25) is 0 Å². The number of amides is 1. The van der Waals surface area contributed by atoms with Crippen LogP contribution in [0.3, 0.4) is 0 Å². The van der Waals surface area contributed by atoms with Crippen molar-refractivity contribution in [1.29, 1.82) is 0 Å². The predicted molar refractivity (Wildman–Crippen MR) is 98.2 cm³/mol. The normalized spacial score (nSPS) is 13.2. The lowest BCUT2D eigenvalue weighted by atomic mass is 9.97. The quantitative estimate of drug-likeness (QED) is 0.735. The van der Waals surface area contributed by atoms with Crippen molar-refractivity contribution in [3.8, 4) is 0 Å². The molecule has 0 saturated carbocycles. The molecular formula is C19H29N3O3. The molecule has 1 heterocycles. The number of carbonyl (C=O) groups is 1. The maximum Gasteiger partial charge on any atom is 0.408 e. The monoisotopic (exact) mass is 347 g/mol.